The van der Waals surface area contributed by atoms with Crippen molar-refractivity contribution >= 4 is 10.8 Å². The van der Waals surface area contributed by atoms with E-state index in [1.165, 1.54) is 18.4 Å². The van der Waals surface area contributed by atoms with Crippen LogP contribution >= 0.6 is 0 Å². The number of methoxy groups -OCH3 is 2. The maximum Gasteiger partial charge on any atom is 0.231 e. The van der Waals surface area contributed by atoms with Gasteiger partial charge in [0.2, 0.25) is 12.5 Å². The van der Waals surface area contributed by atoms with Crippen molar-refractivity contribution in [2.75, 3.05) is 20.9 Å². The number of fused-ring (bicyclic) bond motifs is 5. The number of nitrogens with zero attached hydrogens (tertiary/aromatic N) is 1. The van der Waals surface area contributed by atoms with Crippen molar-refractivity contribution in [2.45, 2.75) is 44.6 Å². The van der Waals surface area contributed by atoms with Crippen molar-refractivity contribution in [3.63, 3.8) is 0 Å². The van der Waals surface area contributed by atoms with Crippen molar-refractivity contribution < 1.29 is 27.6 Å². The Hall–Kier alpha value is -2.95. The molecule has 5 heteroatoms. The van der Waals surface area contributed by atoms with Crippen LogP contribution in [0.2, 0.25) is 0 Å². The Kier molecular flexibility index (Phi) is 3.38. The lowest BCUT2D eigenvalue weighted by Gasteiger charge is -2.22. The monoisotopic (exact) mass is 407 g/mol. The number of rotatable bonds is 3. The Bertz CT molecular complexity index is 1270. The summed E-state index contributed by atoms with van der Waals surface area (Å²) in [5.41, 5.74) is 4.65. The van der Waals surface area contributed by atoms with Gasteiger partial charge in [-0.1, -0.05) is 12.8 Å². The predicted octanol–water partition coefficient (Wildman–Crippen LogP) is 4.75. The van der Waals surface area contributed by atoms with E-state index in [4.69, 9.17) is 23.1 Å². The number of aryl methyl sites for hydroxylation is 1. The van der Waals surface area contributed by atoms with E-state index in [0.29, 0.717) is 17.4 Å². The maximum absolute atomic E-state index is 7.77. The zero-order valence-electron chi connectivity index (χ0n) is 20.0. The van der Waals surface area contributed by atoms with Gasteiger partial charge in [0.05, 0.1) is 29.2 Å². The van der Waals surface area contributed by atoms with Crippen LogP contribution < -0.4 is 23.5 Å². The van der Waals surface area contributed by atoms with Gasteiger partial charge in [-0.3, -0.25) is 0 Å². The zero-order valence-corrected chi connectivity index (χ0v) is 17.0. The van der Waals surface area contributed by atoms with E-state index in [1.807, 2.05) is 6.07 Å². The molecule has 2 aliphatic heterocycles. The molecule has 3 aliphatic rings. The molecule has 154 valence electrons. The summed E-state index contributed by atoms with van der Waals surface area (Å²) < 4.78 is 48.1. The van der Waals surface area contributed by atoms with Crippen LogP contribution in [0, 0.1) is 0 Å². The fourth-order valence-electron chi connectivity index (χ4n) is 5.46. The van der Waals surface area contributed by atoms with Gasteiger partial charge in [-0.05, 0) is 48.1 Å². The molecule has 1 fully saturated rings. The van der Waals surface area contributed by atoms with E-state index in [0.717, 1.165) is 65.0 Å². The van der Waals surface area contributed by atoms with Crippen LogP contribution in [0.25, 0.3) is 22.0 Å². The molecule has 1 saturated carbocycles. The normalized spacial score (nSPS) is 19.0. The average molecular weight is 408 g/mol. The van der Waals surface area contributed by atoms with E-state index >= 15 is 0 Å². The van der Waals surface area contributed by atoms with Crippen molar-refractivity contribution in [1.29, 1.82) is 0 Å². The van der Waals surface area contributed by atoms with Gasteiger partial charge in [-0.25, -0.2) is 0 Å². The van der Waals surface area contributed by atoms with E-state index in [-0.39, 0.29) is 6.79 Å². The van der Waals surface area contributed by atoms with Gasteiger partial charge in [0.1, 0.15) is 0 Å². The highest BCUT2D eigenvalue weighted by molar-refractivity contribution is 5.94. The molecule has 0 radical (unpaired) electrons. The molecule has 0 spiro atoms. The van der Waals surface area contributed by atoms with Gasteiger partial charge >= 0.3 is 0 Å². The minimum Gasteiger partial charge on any atom is -0.493 e. The molecule has 0 unspecified atom stereocenters. The third-order valence-electron chi connectivity index (χ3n) is 6.83. The summed E-state index contributed by atoms with van der Waals surface area (Å²) in [6, 6.07) is 10.1. The minimum absolute atomic E-state index is 0.249. The Labute approximate surface area is 180 Å². The Morgan fingerprint density at radius 2 is 1.90 bits per heavy atom. The van der Waals surface area contributed by atoms with Gasteiger partial charge in [-0.2, -0.15) is 4.57 Å². The molecular weight excluding hydrogens is 378 g/mol. The lowest BCUT2D eigenvalue weighted by atomic mass is 9.90. The van der Waals surface area contributed by atoms with Crippen LogP contribution in [-0.2, 0) is 13.0 Å². The summed E-state index contributed by atoms with van der Waals surface area (Å²) in [6.45, 7) is 1.06. The van der Waals surface area contributed by atoms with Crippen LogP contribution in [0.5, 0.6) is 23.0 Å². The predicted molar refractivity (Wildman–Crippen MR) is 114 cm³/mol. The first kappa shape index (κ1) is 14.9. The fraction of sp³-hybridized carbons (Fsp3) is 0.400. The Balaban J connectivity index is 1.66. The number of hydrogen-bond donors (Lipinski definition) is 0. The lowest BCUT2D eigenvalue weighted by Crippen LogP contribution is -2.45. The molecule has 2 aromatic carbocycles. The summed E-state index contributed by atoms with van der Waals surface area (Å²) in [5.74, 6) is 2.67. The van der Waals surface area contributed by atoms with Crippen LogP contribution in [0.15, 0.2) is 30.3 Å². The summed E-state index contributed by atoms with van der Waals surface area (Å²) in [6.07, 6.45) is 5.37. The quantitative estimate of drug-likeness (QED) is 0.588. The van der Waals surface area contributed by atoms with Gasteiger partial charge in [0, 0.05) is 18.4 Å². The molecule has 0 atom stereocenters. The highest BCUT2D eigenvalue weighted by atomic mass is 16.7. The summed E-state index contributed by atoms with van der Waals surface area (Å²) in [5, 5.41) is 1.80. The molecule has 3 heterocycles. The minimum atomic E-state index is -2.57. The SMILES string of the molecule is [2H]C([2H])([2H])Oc1c(OC)ccc2cc3[n+](c(C4CCCC4)c12)CCc1cc2c(cc1-3)OCO2. The molecule has 0 N–H and O–H groups in total. The number of ether oxygens (including phenoxy) is 4. The number of hydrogen-bond acceptors (Lipinski definition) is 4. The molecule has 5 nitrogen and oxygen atoms in total. The molecule has 3 aromatic rings. The van der Waals surface area contributed by atoms with Crippen molar-refractivity contribution in [1.82, 2.24) is 0 Å². The number of benzene rings is 2. The van der Waals surface area contributed by atoms with E-state index in [2.05, 4.69) is 22.8 Å². The van der Waals surface area contributed by atoms with Crippen LogP contribution in [0.3, 0.4) is 0 Å². The lowest BCUT2D eigenvalue weighted by molar-refractivity contribution is -0.694. The molecule has 0 bridgehead atoms. The first-order valence-electron chi connectivity index (χ1n) is 12.1. The largest absolute Gasteiger partial charge is 0.493 e. The molecule has 1 aliphatic carbocycles. The van der Waals surface area contributed by atoms with E-state index in [1.54, 1.807) is 13.2 Å². The molecule has 6 rings (SSSR count). The third kappa shape index (κ3) is 2.51. The fourth-order valence-corrected chi connectivity index (χ4v) is 5.46. The summed E-state index contributed by atoms with van der Waals surface area (Å²) >= 11 is 0. The first-order valence-corrected chi connectivity index (χ1v) is 10.6. The summed E-state index contributed by atoms with van der Waals surface area (Å²) in [4.78, 5) is 0. The molecule has 0 amide bonds. The average Bonchev–Trinajstić information content (AvgIpc) is 3.47. The second-order valence-electron chi connectivity index (χ2n) is 8.32. The van der Waals surface area contributed by atoms with Crippen LogP contribution in [-0.4, -0.2) is 20.9 Å². The molecular formula is C25H26NO4+. The third-order valence-corrected chi connectivity index (χ3v) is 6.83. The Morgan fingerprint density at radius 3 is 2.70 bits per heavy atom. The van der Waals surface area contributed by atoms with Crippen molar-refractivity contribution in [3.05, 3.63) is 41.6 Å². The highest BCUT2D eigenvalue weighted by Gasteiger charge is 2.36. The van der Waals surface area contributed by atoms with Crippen LogP contribution in [0.4, 0.5) is 0 Å². The van der Waals surface area contributed by atoms with Crippen LogP contribution in [0.1, 0.15) is 47.0 Å². The highest BCUT2D eigenvalue weighted by Crippen LogP contribution is 2.46. The second-order valence-corrected chi connectivity index (χ2v) is 8.32. The number of pyridine rings is 1. The smallest absolute Gasteiger partial charge is 0.231 e. The Morgan fingerprint density at radius 1 is 1.07 bits per heavy atom. The first-order chi connectivity index (χ1) is 15.9. The second kappa shape index (κ2) is 6.79. The van der Waals surface area contributed by atoms with Gasteiger partial charge in [-0.15, -0.1) is 0 Å². The maximum atomic E-state index is 7.77. The van der Waals surface area contributed by atoms with Crippen molar-refractivity contribution in [3.8, 4) is 34.3 Å². The molecule has 30 heavy (non-hydrogen) atoms. The van der Waals surface area contributed by atoms with E-state index < -0.39 is 7.04 Å². The van der Waals surface area contributed by atoms with Gasteiger partial charge in [0.25, 0.3) is 0 Å². The zero-order chi connectivity index (χ0) is 22.7. The summed E-state index contributed by atoms with van der Waals surface area (Å²) in [7, 11) is -1.02. The topological polar surface area (TPSA) is 40.8 Å². The van der Waals surface area contributed by atoms with Gasteiger partial charge in [0.15, 0.2) is 35.2 Å². The van der Waals surface area contributed by atoms with Gasteiger partial charge < -0.3 is 18.9 Å². The van der Waals surface area contributed by atoms with Crippen molar-refractivity contribution in [2.24, 2.45) is 0 Å². The van der Waals surface area contributed by atoms with E-state index in [9.17, 15) is 0 Å². The number of aromatic nitrogens is 1. The standard InChI is InChI=1S/C25H26NO4/c1-27-20-8-7-17-11-19-18-13-22-21(29-14-30-22)12-16(18)9-10-26(19)24(15-5-3-4-6-15)23(17)25(20)28-2/h7-8,11-13,15H,3-6,9-10,14H2,1-2H3/q+1/i2D3. The molecule has 1 aromatic heterocycles. The molecule has 0 saturated heterocycles.